The first-order valence-corrected chi connectivity index (χ1v) is 4.42. The predicted molar refractivity (Wildman–Crippen MR) is 58.8 cm³/mol. The highest BCUT2D eigenvalue weighted by atomic mass is 15.1. The van der Waals surface area contributed by atoms with Gasteiger partial charge in [0, 0.05) is 6.07 Å². The zero-order valence-electron chi connectivity index (χ0n) is 8.20. The summed E-state index contributed by atoms with van der Waals surface area (Å²) in [5.74, 6) is 0.323. The molecule has 0 radical (unpaired) electrons. The highest BCUT2D eigenvalue weighted by Gasteiger charge is 2.17. The van der Waals surface area contributed by atoms with Gasteiger partial charge in [-0.05, 0) is 6.07 Å². The van der Waals surface area contributed by atoms with E-state index in [1.807, 2.05) is 0 Å². The summed E-state index contributed by atoms with van der Waals surface area (Å²) >= 11 is 0. The van der Waals surface area contributed by atoms with E-state index in [1.165, 1.54) is 0 Å². The van der Waals surface area contributed by atoms with Gasteiger partial charge in [-0.1, -0.05) is 12.1 Å². The SMILES string of the molecule is N#[N+]c1ccccc1-c1nc(N)nc(N)n1. The number of aromatic nitrogens is 3. The summed E-state index contributed by atoms with van der Waals surface area (Å²) in [7, 11) is 0. The van der Waals surface area contributed by atoms with E-state index in [0.717, 1.165) is 0 Å². The lowest BCUT2D eigenvalue weighted by atomic mass is 10.2. The lowest BCUT2D eigenvalue weighted by molar-refractivity contribution is 1.09. The highest BCUT2D eigenvalue weighted by molar-refractivity contribution is 5.74. The minimum Gasteiger partial charge on any atom is -0.368 e. The molecule has 0 saturated carbocycles. The predicted octanol–water partition coefficient (Wildman–Crippen LogP) is 1.19. The van der Waals surface area contributed by atoms with Crippen molar-refractivity contribution in [3.63, 3.8) is 0 Å². The zero-order chi connectivity index (χ0) is 11.5. The molecule has 0 aliphatic carbocycles. The number of nitrogens with two attached hydrogens (primary N) is 2. The van der Waals surface area contributed by atoms with Gasteiger partial charge in [-0.2, -0.15) is 15.0 Å². The summed E-state index contributed by atoms with van der Waals surface area (Å²) in [5.41, 5.74) is 11.8. The van der Waals surface area contributed by atoms with E-state index < -0.39 is 0 Å². The molecule has 16 heavy (non-hydrogen) atoms. The Bertz CT molecular complexity index is 552. The van der Waals surface area contributed by atoms with Crippen LogP contribution in [0.2, 0.25) is 0 Å². The van der Waals surface area contributed by atoms with Crippen molar-refractivity contribution in [2.45, 2.75) is 0 Å². The minimum absolute atomic E-state index is 0.0234. The van der Waals surface area contributed by atoms with E-state index in [0.29, 0.717) is 11.3 Å². The summed E-state index contributed by atoms with van der Waals surface area (Å²) in [6.07, 6.45) is 0. The van der Waals surface area contributed by atoms with Crippen molar-refractivity contribution < 1.29 is 0 Å². The average Bonchev–Trinajstić information content (AvgIpc) is 2.27. The van der Waals surface area contributed by atoms with Crippen molar-refractivity contribution in [3.05, 3.63) is 29.2 Å². The van der Waals surface area contributed by atoms with Crippen molar-refractivity contribution in [3.8, 4) is 11.4 Å². The number of nitrogen functional groups attached to an aromatic ring is 2. The maximum absolute atomic E-state index is 8.81. The van der Waals surface area contributed by atoms with Crippen LogP contribution in [-0.2, 0) is 0 Å². The highest BCUT2D eigenvalue weighted by Crippen LogP contribution is 2.27. The maximum Gasteiger partial charge on any atom is 0.395 e. The van der Waals surface area contributed by atoms with Gasteiger partial charge in [0.05, 0.1) is 0 Å². The Balaban J connectivity index is 2.63. The Morgan fingerprint density at radius 1 is 1.00 bits per heavy atom. The average molecular weight is 214 g/mol. The van der Waals surface area contributed by atoms with Gasteiger partial charge in [-0.25, -0.2) is 0 Å². The van der Waals surface area contributed by atoms with Gasteiger partial charge in [0.15, 0.2) is 10.8 Å². The minimum atomic E-state index is 0.0234. The fraction of sp³-hybridized carbons (Fsp3) is 0. The second kappa shape index (κ2) is 3.78. The van der Waals surface area contributed by atoms with E-state index in [9.17, 15) is 0 Å². The molecule has 0 unspecified atom stereocenters. The number of rotatable bonds is 1. The fourth-order valence-electron chi connectivity index (χ4n) is 1.28. The Morgan fingerprint density at radius 3 is 2.25 bits per heavy atom. The van der Waals surface area contributed by atoms with E-state index in [2.05, 4.69) is 19.9 Å². The van der Waals surface area contributed by atoms with Crippen LogP contribution in [0.4, 0.5) is 17.6 Å². The van der Waals surface area contributed by atoms with Gasteiger partial charge >= 0.3 is 5.69 Å². The normalized spacial score (nSPS) is 9.69. The van der Waals surface area contributed by atoms with Gasteiger partial charge in [-0.3, -0.25) is 0 Å². The Labute approximate surface area is 90.8 Å². The smallest absolute Gasteiger partial charge is 0.368 e. The van der Waals surface area contributed by atoms with Crippen LogP contribution in [0.5, 0.6) is 0 Å². The fourth-order valence-corrected chi connectivity index (χ4v) is 1.28. The number of anilines is 2. The first kappa shape index (κ1) is 9.79. The van der Waals surface area contributed by atoms with E-state index in [4.69, 9.17) is 16.9 Å². The molecule has 0 spiro atoms. The van der Waals surface area contributed by atoms with Gasteiger partial charge in [-0.15, -0.1) is 0 Å². The second-order valence-electron chi connectivity index (χ2n) is 2.99. The lowest BCUT2D eigenvalue weighted by Gasteiger charge is -1.99. The van der Waals surface area contributed by atoms with Crippen LogP contribution >= 0.6 is 0 Å². The summed E-state index contributed by atoms with van der Waals surface area (Å²) in [6, 6.07) is 6.81. The summed E-state index contributed by atoms with van der Waals surface area (Å²) < 4.78 is 0. The molecule has 1 aromatic heterocycles. The number of hydrogen-bond donors (Lipinski definition) is 2. The molecule has 0 saturated heterocycles. The van der Waals surface area contributed by atoms with Gasteiger partial charge in [0.2, 0.25) is 17.3 Å². The molecule has 4 N–H and O–H groups in total. The third-order valence-corrected chi connectivity index (χ3v) is 1.92. The zero-order valence-corrected chi connectivity index (χ0v) is 8.20. The van der Waals surface area contributed by atoms with Crippen molar-refractivity contribution in [1.29, 1.82) is 5.39 Å². The molecule has 7 heteroatoms. The van der Waals surface area contributed by atoms with Crippen LogP contribution < -0.4 is 11.5 Å². The van der Waals surface area contributed by atoms with Crippen molar-refractivity contribution in [2.75, 3.05) is 11.5 Å². The number of nitrogens with zero attached hydrogens (tertiary/aromatic N) is 5. The van der Waals surface area contributed by atoms with Gasteiger partial charge < -0.3 is 11.5 Å². The van der Waals surface area contributed by atoms with E-state index >= 15 is 0 Å². The first-order chi connectivity index (χ1) is 7.70. The van der Waals surface area contributed by atoms with Crippen LogP contribution in [0, 0.1) is 5.39 Å². The second-order valence-corrected chi connectivity index (χ2v) is 2.99. The van der Waals surface area contributed by atoms with Gasteiger partial charge in [0.1, 0.15) is 5.56 Å². The van der Waals surface area contributed by atoms with Crippen LogP contribution in [0.1, 0.15) is 0 Å². The molecule has 0 aliphatic rings. The molecular weight excluding hydrogens is 206 g/mol. The topological polar surface area (TPSA) is 119 Å². The molecule has 7 nitrogen and oxygen atoms in total. The monoisotopic (exact) mass is 214 g/mol. The maximum atomic E-state index is 8.81. The molecule has 1 heterocycles. The van der Waals surface area contributed by atoms with Crippen molar-refractivity contribution in [2.24, 2.45) is 0 Å². The quantitative estimate of drug-likeness (QED) is 0.688. The Kier molecular flexibility index (Phi) is 2.31. The van der Waals surface area contributed by atoms with E-state index in [-0.39, 0.29) is 17.7 Å². The molecule has 0 fully saturated rings. The third-order valence-electron chi connectivity index (χ3n) is 1.92. The standard InChI is InChI=1S/C9H8N7/c10-8-13-7(14-9(11)15-8)5-3-1-2-4-6(5)16-12/h1-4H,(H4,10,11,13,14,15)/q+1. The number of diazo groups is 1. The molecule has 0 bridgehead atoms. The van der Waals surface area contributed by atoms with Crippen molar-refractivity contribution in [1.82, 2.24) is 15.0 Å². The number of benzene rings is 1. The molecule has 0 aliphatic heterocycles. The molecule has 2 aromatic rings. The lowest BCUT2D eigenvalue weighted by Crippen LogP contribution is -2.04. The molecule has 0 atom stereocenters. The van der Waals surface area contributed by atoms with Crippen LogP contribution in [0.15, 0.2) is 24.3 Å². The third kappa shape index (κ3) is 1.72. The summed E-state index contributed by atoms with van der Waals surface area (Å²) in [4.78, 5) is 14.6. The number of hydrogen-bond acceptors (Lipinski definition) is 6. The molecule has 1 aromatic carbocycles. The Morgan fingerprint density at radius 2 is 1.62 bits per heavy atom. The molecule has 78 valence electrons. The van der Waals surface area contributed by atoms with Crippen LogP contribution in [-0.4, -0.2) is 15.0 Å². The first-order valence-electron chi connectivity index (χ1n) is 4.42. The molecule has 2 rings (SSSR count). The molecular formula is C9H8N7+. The van der Waals surface area contributed by atoms with Gasteiger partial charge in [0.25, 0.3) is 0 Å². The molecule has 0 amide bonds. The van der Waals surface area contributed by atoms with Crippen LogP contribution in [0.3, 0.4) is 0 Å². The van der Waals surface area contributed by atoms with E-state index in [1.54, 1.807) is 24.3 Å². The van der Waals surface area contributed by atoms with Crippen molar-refractivity contribution >= 4 is 17.6 Å². The van der Waals surface area contributed by atoms with Crippen LogP contribution in [0.25, 0.3) is 16.4 Å². The summed E-state index contributed by atoms with van der Waals surface area (Å²) in [5, 5.41) is 8.81. The Hall–Kier alpha value is -2.75. The largest absolute Gasteiger partial charge is 0.395 e. The summed E-state index contributed by atoms with van der Waals surface area (Å²) in [6.45, 7) is 0.